The summed E-state index contributed by atoms with van der Waals surface area (Å²) in [6, 6.07) is 0. The van der Waals surface area contributed by atoms with Crippen LogP contribution in [-0.2, 0) is 4.79 Å². The number of carbonyl (C=O) groups is 1. The van der Waals surface area contributed by atoms with Crippen LogP contribution in [-0.4, -0.2) is 5.78 Å². The zero-order valence-corrected chi connectivity index (χ0v) is 14.5. The summed E-state index contributed by atoms with van der Waals surface area (Å²) < 4.78 is 0. The van der Waals surface area contributed by atoms with E-state index in [0.717, 1.165) is 25.7 Å². The molecule has 0 saturated heterocycles. The van der Waals surface area contributed by atoms with Gasteiger partial charge >= 0.3 is 0 Å². The monoisotopic (exact) mass is 290 g/mol. The third-order valence-electron chi connectivity index (χ3n) is 3.36. The second kappa shape index (κ2) is 12.6. The van der Waals surface area contributed by atoms with Gasteiger partial charge in [-0.3, -0.25) is 4.79 Å². The van der Waals surface area contributed by atoms with E-state index in [-0.39, 0.29) is 5.41 Å². The van der Waals surface area contributed by atoms with Gasteiger partial charge in [0, 0.05) is 11.8 Å². The minimum atomic E-state index is -0.179. The predicted octanol–water partition coefficient (Wildman–Crippen LogP) is 6.41. The molecular weight excluding hydrogens is 256 g/mol. The van der Waals surface area contributed by atoms with E-state index in [9.17, 15) is 4.79 Å². The Morgan fingerprint density at radius 3 is 1.90 bits per heavy atom. The average molecular weight is 290 g/mol. The number of rotatable bonds is 11. The van der Waals surface area contributed by atoms with Gasteiger partial charge in [-0.15, -0.1) is 0 Å². The van der Waals surface area contributed by atoms with Gasteiger partial charge in [-0.25, -0.2) is 0 Å². The lowest BCUT2D eigenvalue weighted by atomic mass is 9.88. The fraction of sp³-hybridized carbons (Fsp3) is 0.650. The lowest BCUT2D eigenvalue weighted by Crippen LogP contribution is -2.19. The molecule has 0 saturated carbocycles. The van der Waals surface area contributed by atoms with Crippen LogP contribution in [0.4, 0.5) is 0 Å². The van der Waals surface area contributed by atoms with E-state index in [0.29, 0.717) is 12.2 Å². The Morgan fingerprint density at radius 1 is 0.810 bits per heavy atom. The van der Waals surface area contributed by atoms with E-state index in [2.05, 4.69) is 43.4 Å². The number of unbranched alkanes of at least 4 members (excludes halogenated alkanes) is 4. The maximum atomic E-state index is 11.7. The molecule has 1 nitrogen and oxygen atoms in total. The number of hydrogen-bond donors (Lipinski definition) is 0. The van der Waals surface area contributed by atoms with Crippen LogP contribution in [0.15, 0.2) is 36.5 Å². The standard InChI is InChI=1S/C20H34O/c1-5-6-7-8-9-10-11-12-13-14-15-16-17-18-19(21)20(2,3)4/h7-10,14-15H,5-6,11-13,16-18H2,1-4H3. The molecule has 21 heavy (non-hydrogen) atoms. The van der Waals surface area contributed by atoms with Crippen LogP contribution in [0.2, 0.25) is 0 Å². The Bertz CT molecular complexity index is 339. The van der Waals surface area contributed by atoms with Crippen LogP contribution >= 0.6 is 0 Å². The van der Waals surface area contributed by atoms with Crippen molar-refractivity contribution in [3.63, 3.8) is 0 Å². The fourth-order valence-corrected chi connectivity index (χ4v) is 1.86. The molecular formula is C20H34O. The van der Waals surface area contributed by atoms with Gasteiger partial charge in [-0.2, -0.15) is 0 Å². The van der Waals surface area contributed by atoms with Gasteiger partial charge in [-0.05, 0) is 38.5 Å². The number of carbonyl (C=O) groups excluding carboxylic acids is 1. The first-order valence-corrected chi connectivity index (χ1v) is 8.48. The van der Waals surface area contributed by atoms with Crippen LogP contribution in [0, 0.1) is 5.41 Å². The van der Waals surface area contributed by atoms with Gasteiger partial charge in [0.2, 0.25) is 0 Å². The second-order valence-electron chi connectivity index (χ2n) is 6.61. The second-order valence-corrected chi connectivity index (χ2v) is 6.61. The molecule has 0 atom stereocenters. The van der Waals surface area contributed by atoms with E-state index in [4.69, 9.17) is 0 Å². The molecule has 0 bridgehead atoms. The van der Waals surface area contributed by atoms with Crippen molar-refractivity contribution in [1.29, 1.82) is 0 Å². The minimum absolute atomic E-state index is 0.179. The first-order chi connectivity index (χ1) is 9.98. The molecule has 0 spiro atoms. The average Bonchev–Trinajstić information content (AvgIpc) is 2.42. The Morgan fingerprint density at radius 2 is 1.33 bits per heavy atom. The summed E-state index contributed by atoms with van der Waals surface area (Å²) in [5.41, 5.74) is -0.179. The Balaban J connectivity index is 3.47. The Labute approximate surface area is 132 Å². The Kier molecular flexibility index (Phi) is 12.0. The molecule has 0 aromatic carbocycles. The summed E-state index contributed by atoms with van der Waals surface area (Å²) in [6.07, 6.45) is 21.8. The summed E-state index contributed by atoms with van der Waals surface area (Å²) in [6.45, 7) is 8.18. The quantitative estimate of drug-likeness (QED) is 0.244. The minimum Gasteiger partial charge on any atom is -0.299 e. The molecule has 0 aliphatic heterocycles. The highest BCUT2D eigenvalue weighted by atomic mass is 16.1. The van der Waals surface area contributed by atoms with E-state index in [1.807, 2.05) is 20.8 Å². The molecule has 120 valence electrons. The van der Waals surface area contributed by atoms with E-state index < -0.39 is 0 Å². The fourth-order valence-electron chi connectivity index (χ4n) is 1.86. The number of allylic oxidation sites excluding steroid dienone is 6. The molecule has 0 heterocycles. The summed E-state index contributed by atoms with van der Waals surface area (Å²) in [5, 5.41) is 0. The summed E-state index contributed by atoms with van der Waals surface area (Å²) in [5.74, 6) is 0.372. The maximum Gasteiger partial charge on any atom is 0.138 e. The third kappa shape index (κ3) is 13.6. The SMILES string of the molecule is CCCC=CC=CCCCC=CCCCC(=O)C(C)(C)C. The van der Waals surface area contributed by atoms with Crippen LogP contribution in [0.5, 0.6) is 0 Å². The highest BCUT2D eigenvalue weighted by molar-refractivity contribution is 5.83. The van der Waals surface area contributed by atoms with Crippen LogP contribution in [0.1, 0.15) is 79.1 Å². The summed E-state index contributed by atoms with van der Waals surface area (Å²) >= 11 is 0. The Hall–Kier alpha value is -1.11. The van der Waals surface area contributed by atoms with Gasteiger partial charge in [-0.1, -0.05) is 70.6 Å². The van der Waals surface area contributed by atoms with Crippen molar-refractivity contribution < 1.29 is 4.79 Å². The van der Waals surface area contributed by atoms with Gasteiger partial charge in [0.25, 0.3) is 0 Å². The molecule has 0 radical (unpaired) electrons. The number of Topliss-reactive ketones (excluding diaryl/α,β-unsaturated/α-hetero) is 1. The smallest absolute Gasteiger partial charge is 0.138 e. The van der Waals surface area contributed by atoms with Gasteiger partial charge in [0.1, 0.15) is 5.78 Å². The van der Waals surface area contributed by atoms with E-state index in [1.54, 1.807) is 0 Å². The van der Waals surface area contributed by atoms with Crippen molar-refractivity contribution in [2.45, 2.75) is 79.1 Å². The molecule has 0 N–H and O–H groups in total. The predicted molar refractivity (Wildman–Crippen MR) is 94.5 cm³/mol. The van der Waals surface area contributed by atoms with Crippen molar-refractivity contribution in [3.8, 4) is 0 Å². The highest BCUT2D eigenvalue weighted by Crippen LogP contribution is 2.18. The van der Waals surface area contributed by atoms with Gasteiger partial charge in [0.15, 0.2) is 0 Å². The van der Waals surface area contributed by atoms with Crippen LogP contribution in [0.3, 0.4) is 0 Å². The molecule has 0 aromatic rings. The van der Waals surface area contributed by atoms with Crippen molar-refractivity contribution in [2.24, 2.45) is 5.41 Å². The van der Waals surface area contributed by atoms with Crippen molar-refractivity contribution in [3.05, 3.63) is 36.5 Å². The number of ketones is 1. The van der Waals surface area contributed by atoms with E-state index >= 15 is 0 Å². The highest BCUT2D eigenvalue weighted by Gasteiger charge is 2.19. The lowest BCUT2D eigenvalue weighted by molar-refractivity contribution is -0.126. The molecule has 0 amide bonds. The van der Waals surface area contributed by atoms with Crippen LogP contribution < -0.4 is 0 Å². The zero-order valence-electron chi connectivity index (χ0n) is 14.5. The molecule has 0 unspecified atom stereocenters. The largest absolute Gasteiger partial charge is 0.299 e. The normalized spacial score (nSPS) is 13.0. The molecule has 0 aliphatic rings. The van der Waals surface area contributed by atoms with Crippen molar-refractivity contribution in [1.82, 2.24) is 0 Å². The first kappa shape index (κ1) is 19.9. The molecule has 0 aromatic heterocycles. The molecule has 1 heteroatoms. The van der Waals surface area contributed by atoms with Gasteiger partial charge < -0.3 is 0 Å². The molecule has 0 fully saturated rings. The summed E-state index contributed by atoms with van der Waals surface area (Å²) in [7, 11) is 0. The van der Waals surface area contributed by atoms with E-state index in [1.165, 1.54) is 19.3 Å². The number of hydrogen-bond acceptors (Lipinski definition) is 1. The first-order valence-electron chi connectivity index (χ1n) is 8.48. The third-order valence-corrected chi connectivity index (χ3v) is 3.36. The maximum absolute atomic E-state index is 11.7. The van der Waals surface area contributed by atoms with Crippen molar-refractivity contribution in [2.75, 3.05) is 0 Å². The zero-order chi connectivity index (χ0) is 16.0. The van der Waals surface area contributed by atoms with Crippen molar-refractivity contribution >= 4 is 5.78 Å². The van der Waals surface area contributed by atoms with Gasteiger partial charge in [0.05, 0.1) is 0 Å². The lowest BCUT2D eigenvalue weighted by Gasteiger charge is -2.15. The topological polar surface area (TPSA) is 17.1 Å². The summed E-state index contributed by atoms with van der Waals surface area (Å²) in [4.78, 5) is 11.7. The van der Waals surface area contributed by atoms with Crippen LogP contribution in [0.25, 0.3) is 0 Å². The molecule has 0 aliphatic carbocycles. The molecule has 0 rings (SSSR count).